The van der Waals surface area contributed by atoms with Crippen molar-refractivity contribution >= 4 is 15.9 Å². The minimum Gasteiger partial charge on any atom is -0.0836 e. The summed E-state index contributed by atoms with van der Waals surface area (Å²) in [5.74, 6) is 3.03. The Morgan fingerprint density at radius 3 is 1.95 bits per heavy atom. The van der Waals surface area contributed by atoms with E-state index >= 15 is 0 Å². The van der Waals surface area contributed by atoms with Crippen LogP contribution in [0.4, 0.5) is 0 Å². The molecule has 2 aliphatic carbocycles. The molecule has 2 fully saturated rings. The van der Waals surface area contributed by atoms with Gasteiger partial charge in [0, 0.05) is 4.83 Å². The summed E-state index contributed by atoms with van der Waals surface area (Å²) < 4.78 is 0. The van der Waals surface area contributed by atoms with Crippen LogP contribution >= 0.6 is 15.9 Å². The molecule has 0 saturated heterocycles. The summed E-state index contributed by atoms with van der Waals surface area (Å²) in [5, 5.41) is 0. The Morgan fingerprint density at radius 1 is 0.950 bits per heavy atom. The van der Waals surface area contributed by atoms with Crippen molar-refractivity contribution in [3.63, 3.8) is 0 Å². The van der Waals surface area contributed by atoms with E-state index in [-0.39, 0.29) is 0 Å². The molecule has 2 saturated carbocycles. The number of benzene rings is 1. The van der Waals surface area contributed by atoms with Gasteiger partial charge in [0.25, 0.3) is 0 Å². The predicted molar refractivity (Wildman–Crippen MR) is 90.6 cm³/mol. The van der Waals surface area contributed by atoms with Crippen molar-refractivity contribution in [2.24, 2.45) is 17.8 Å². The predicted octanol–water partition coefficient (Wildman–Crippen LogP) is 5.86. The van der Waals surface area contributed by atoms with E-state index in [0.29, 0.717) is 4.83 Å². The fourth-order valence-electron chi connectivity index (χ4n) is 4.23. The Kier molecular flexibility index (Phi) is 4.26. The van der Waals surface area contributed by atoms with E-state index in [4.69, 9.17) is 0 Å². The van der Waals surface area contributed by atoms with Gasteiger partial charge in [0.2, 0.25) is 0 Å². The second-order valence-electron chi connectivity index (χ2n) is 6.78. The number of fused-ring (bicyclic) bond motifs is 1. The van der Waals surface area contributed by atoms with E-state index in [1.165, 1.54) is 24.8 Å². The van der Waals surface area contributed by atoms with Gasteiger partial charge in [0.05, 0.1) is 0 Å². The lowest BCUT2D eigenvalue weighted by atomic mass is 9.86. The van der Waals surface area contributed by atoms with Gasteiger partial charge in [-0.1, -0.05) is 48.8 Å². The second-order valence-corrected chi connectivity index (χ2v) is 7.76. The summed E-state index contributed by atoms with van der Waals surface area (Å²) in [7, 11) is 0. The topological polar surface area (TPSA) is 0 Å². The Hall–Kier alpha value is -0.300. The summed E-state index contributed by atoms with van der Waals surface area (Å²) in [5.41, 5.74) is 6.32. The SMILES string of the molecule is CCc1cc(CC)c(C(Br)C2CC3CC3C2)c(CC)c1. The summed E-state index contributed by atoms with van der Waals surface area (Å²) in [6, 6.07) is 4.91. The van der Waals surface area contributed by atoms with Crippen molar-refractivity contribution in [1.82, 2.24) is 0 Å². The maximum atomic E-state index is 4.09. The zero-order chi connectivity index (χ0) is 14.3. The van der Waals surface area contributed by atoms with E-state index in [1.807, 2.05) is 0 Å². The van der Waals surface area contributed by atoms with E-state index in [9.17, 15) is 0 Å². The lowest BCUT2D eigenvalue weighted by molar-refractivity contribution is 0.479. The largest absolute Gasteiger partial charge is 0.0836 e. The number of rotatable bonds is 5. The first-order valence-electron chi connectivity index (χ1n) is 8.46. The fourth-order valence-corrected chi connectivity index (χ4v) is 5.25. The van der Waals surface area contributed by atoms with Gasteiger partial charge in [0.1, 0.15) is 0 Å². The molecular weight excluding hydrogens is 308 g/mol. The molecule has 0 bridgehead atoms. The Labute approximate surface area is 132 Å². The van der Waals surface area contributed by atoms with Crippen LogP contribution in [-0.2, 0) is 19.3 Å². The third-order valence-corrected chi connectivity index (χ3v) is 6.76. The highest BCUT2D eigenvalue weighted by Gasteiger charge is 2.48. The van der Waals surface area contributed by atoms with Crippen LogP contribution in [0, 0.1) is 17.8 Å². The monoisotopic (exact) mass is 334 g/mol. The molecule has 3 unspecified atom stereocenters. The lowest BCUT2D eigenvalue weighted by Crippen LogP contribution is -2.11. The molecule has 0 aromatic heterocycles. The third kappa shape index (κ3) is 2.58. The van der Waals surface area contributed by atoms with Crippen LogP contribution in [0.1, 0.15) is 67.1 Å². The molecule has 110 valence electrons. The number of halogens is 1. The fraction of sp³-hybridized carbons (Fsp3) is 0.684. The van der Waals surface area contributed by atoms with Crippen LogP contribution < -0.4 is 0 Å². The highest BCUT2D eigenvalue weighted by Crippen LogP contribution is 2.59. The van der Waals surface area contributed by atoms with Crippen molar-refractivity contribution in [1.29, 1.82) is 0 Å². The molecule has 0 amide bonds. The average Bonchev–Trinajstić information content (AvgIpc) is 3.10. The van der Waals surface area contributed by atoms with E-state index in [2.05, 4.69) is 48.8 Å². The molecule has 1 heteroatoms. The number of hydrogen-bond acceptors (Lipinski definition) is 0. The van der Waals surface area contributed by atoms with Crippen molar-refractivity contribution in [3.05, 3.63) is 34.4 Å². The molecular formula is C19H27Br. The van der Waals surface area contributed by atoms with Crippen LogP contribution in [0.25, 0.3) is 0 Å². The maximum Gasteiger partial charge on any atom is 0.0429 e. The lowest BCUT2D eigenvalue weighted by Gasteiger charge is -2.25. The highest BCUT2D eigenvalue weighted by molar-refractivity contribution is 9.09. The first kappa shape index (κ1) is 14.6. The molecule has 0 spiro atoms. The Balaban J connectivity index is 1.93. The van der Waals surface area contributed by atoms with Crippen LogP contribution in [0.3, 0.4) is 0 Å². The van der Waals surface area contributed by atoms with Crippen LogP contribution in [0.5, 0.6) is 0 Å². The van der Waals surface area contributed by atoms with E-state index in [0.717, 1.165) is 37.0 Å². The van der Waals surface area contributed by atoms with Gasteiger partial charge in [-0.3, -0.25) is 0 Å². The minimum absolute atomic E-state index is 0.589. The number of aryl methyl sites for hydroxylation is 3. The molecule has 20 heavy (non-hydrogen) atoms. The van der Waals surface area contributed by atoms with Gasteiger partial charge in [-0.2, -0.15) is 0 Å². The van der Waals surface area contributed by atoms with Crippen molar-refractivity contribution < 1.29 is 0 Å². The zero-order valence-corrected chi connectivity index (χ0v) is 14.7. The molecule has 0 radical (unpaired) electrons. The average molecular weight is 335 g/mol. The van der Waals surface area contributed by atoms with Gasteiger partial charge in [0.15, 0.2) is 0 Å². The normalized spacial score (nSPS) is 29.3. The first-order chi connectivity index (χ1) is 9.67. The van der Waals surface area contributed by atoms with Gasteiger partial charge in [-0.05, 0) is 78.5 Å². The quantitative estimate of drug-likeness (QED) is 0.592. The van der Waals surface area contributed by atoms with Gasteiger partial charge in [-0.25, -0.2) is 0 Å². The van der Waals surface area contributed by atoms with Gasteiger partial charge in [-0.15, -0.1) is 0 Å². The molecule has 0 heterocycles. The minimum atomic E-state index is 0.589. The number of hydrogen-bond donors (Lipinski definition) is 0. The van der Waals surface area contributed by atoms with Gasteiger partial charge >= 0.3 is 0 Å². The van der Waals surface area contributed by atoms with Crippen LogP contribution in [0.15, 0.2) is 12.1 Å². The molecule has 0 N–H and O–H groups in total. The van der Waals surface area contributed by atoms with E-state index < -0.39 is 0 Å². The summed E-state index contributed by atoms with van der Waals surface area (Å²) in [6.07, 6.45) is 7.92. The van der Waals surface area contributed by atoms with Crippen LogP contribution in [-0.4, -0.2) is 0 Å². The molecule has 1 aromatic carbocycles. The molecule has 0 aliphatic heterocycles. The second kappa shape index (κ2) is 5.83. The summed E-state index contributed by atoms with van der Waals surface area (Å²) in [6.45, 7) is 6.89. The van der Waals surface area contributed by atoms with Crippen molar-refractivity contribution in [2.75, 3.05) is 0 Å². The standard InChI is InChI=1S/C19H27Br/c1-4-12-7-13(5-2)18(14(6-3)8-12)19(20)17-10-15-9-16(15)11-17/h7-8,15-17,19H,4-6,9-11H2,1-3H3. The molecule has 0 nitrogen and oxygen atoms in total. The number of alkyl halides is 1. The molecule has 3 atom stereocenters. The molecule has 3 rings (SSSR count). The van der Waals surface area contributed by atoms with E-state index in [1.54, 1.807) is 16.7 Å². The highest BCUT2D eigenvalue weighted by atomic mass is 79.9. The first-order valence-corrected chi connectivity index (χ1v) is 9.38. The third-order valence-electron chi connectivity index (χ3n) is 5.55. The van der Waals surface area contributed by atoms with Crippen molar-refractivity contribution in [2.45, 2.75) is 64.1 Å². The van der Waals surface area contributed by atoms with Gasteiger partial charge < -0.3 is 0 Å². The maximum absolute atomic E-state index is 4.09. The Bertz CT molecular complexity index is 456. The Morgan fingerprint density at radius 2 is 1.50 bits per heavy atom. The molecule has 2 aliphatic rings. The van der Waals surface area contributed by atoms with Crippen LogP contribution in [0.2, 0.25) is 0 Å². The summed E-state index contributed by atoms with van der Waals surface area (Å²) >= 11 is 4.09. The summed E-state index contributed by atoms with van der Waals surface area (Å²) in [4.78, 5) is 0.589. The van der Waals surface area contributed by atoms with Crippen molar-refractivity contribution in [3.8, 4) is 0 Å². The zero-order valence-electron chi connectivity index (χ0n) is 13.1. The smallest absolute Gasteiger partial charge is 0.0429 e. The molecule has 1 aromatic rings.